The van der Waals surface area contributed by atoms with Crippen LogP contribution in [0, 0.1) is 0 Å². The van der Waals surface area contributed by atoms with Gasteiger partial charge < -0.3 is 10.6 Å². The van der Waals surface area contributed by atoms with Crippen molar-refractivity contribution in [2.75, 3.05) is 12.8 Å². The van der Waals surface area contributed by atoms with Crippen molar-refractivity contribution in [2.24, 2.45) is 0 Å². The summed E-state index contributed by atoms with van der Waals surface area (Å²) in [6.45, 7) is 1.96. The molecular weight excluding hydrogens is 307 g/mol. The molecule has 0 saturated carbocycles. The molecule has 0 aliphatic carbocycles. The number of nitrogens with zero attached hydrogens (tertiary/aromatic N) is 1. The van der Waals surface area contributed by atoms with Gasteiger partial charge in [0.2, 0.25) is 0 Å². The van der Waals surface area contributed by atoms with Gasteiger partial charge in [-0.25, -0.2) is 0 Å². The number of carbonyl (C=O) groups excluding carboxylic acids is 1. The van der Waals surface area contributed by atoms with Crippen LogP contribution in [0.5, 0.6) is 0 Å². The minimum Gasteiger partial charge on any atom is -0.398 e. The third-order valence-electron chi connectivity index (χ3n) is 3.50. The van der Waals surface area contributed by atoms with Crippen LogP contribution in [-0.2, 0) is 0 Å². The first-order valence-corrected chi connectivity index (χ1v) is 7.23. The van der Waals surface area contributed by atoms with Crippen molar-refractivity contribution < 1.29 is 4.79 Å². The van der Waals surface area contributed by atoms with Crippen molar-refractivity contribution in [3.05, 3.63) is 63.6 Å². The molecule has 110 valence electrons. The topological polar surface area (TPSA) is 46.3 Å². The van der Waals surface area contributed by atoms with Crippen molar-refractivity contribution in [1.29, 1.82) is 0 Å². The molecule has 1 amide bonds. The van der Waals surface area contributed by atoms with Crippen LogP contribution in [0.1, 0.15) is 28.9 Å². The Kier molecular flexibility index (Phi) is 4.76. The molecule has 1 atom stereocenters. The van der Waals surface area contributed by atoms with Gasteiger partial charge in [0, 0.05) is 17.6 Å². The maximum absolute atomic E-state index is 12.5. The number of amides is 1. The first-order chi connectivity index (χ1) is 9.90. The molecule has 5 heteroatoms. The Balaban J connectivity index is 2.21. The highest BCUT2D eigenvalue weighted by Crippen LogP contribution is 2.24. The van der Waals surface area contributed by atoms with E-state index in [0.29, 0.717) is 21.3 Å². The van der Waals surface area contributed by atoms with E-state index in [2.05, 4.69) is 0 Å². The lowest BCUT2D eigenvalue weighted by molar-refractivity contribution is 0.0742. The van der Waals surface area contributed by atoms with E-state index in [1.165, 1.54) is 0 Å². The molecule has 0 fully saturated rings. The zero-order valence-corrected chi connectivity index (χ0v) is 13.3. The number of nitrogens with two attached hydrogens (primary N) is 1. The van der Waals surface area contributed by atoms with Crippen molar-refractivity contribution in [2.45, 2.75) is 13.0 Å². The number of anilines is 1. The van der Waals surface area contributed by atoms with Gasteiger partial charge in [0.05, 0.1) is 16.8 Å². The van der Waals surface area contributed by atoms with Crippen LogP contribution in [0.15, 0.2) is 42.5 Å². The number of halogens is 2. The largest absolute Gasteiger partial charge is 0.398 e. The predicted octanol–water partition coefficient (Wildman–Crippen LogP) is 4.41. The Bertz CT molecular complexity index is 656. The predicted molar refractivity (Wildman–Crippen MR) is 87.8 cm³/mol. The molecule has 21 heavy (non-hydrogen) atoms. The van der Waals surface area contributed by atoms with Gasteiger partial charge in [0.25, 0.3) is 5.91 Å². The van der Waals surface area contributed by atoms with Gasteiger partial charge in [-0.3, -0.25) is 4.79 Å². The maximum Gasteiger partial charge on any atom is 0.254 e. The van der Waals surface area contributed by atoms with Gasteiger partial charge in [-0.2, -0.15) is 0 Å². The van der Waals surface area contributed by atoms with E-state index < -0.39 is 0 Å². The summed E-state index contributed by atoms with van der Waals surface area (Å²) in [6.07, 6.45) is 0. The lowest BCUT2D eigenvalue weighted by Crippen LogP contribution is -2.29. The van der Waals surface area contributed by atoms with Crippen molar-refractivity contribution in [3.63, 3.8) is 0 Å². The third-order valence-corrected chi connectivity index (χ3v) is 4.09. The zero-order chi connectivity index (χ0) is 15.6. The molecule has 0 spiro atoms. The molecule has 2 aromatic rings. The molecule has 1 unspecified atom stereocenters. The fraction of sp³-hybridized carbons (Fsp3) is 0.188. The molecule has 2 N–H and O–H groups in total. The van der Waals surface area contributed by atoms with Crippen LogP contribution in [0.3, 0.4) is 0 Å². The van der Waals surface area contributed by atoms with E-state index in [-0.39, 0.29) is 11.9 Å². The third kappa shape index (κ3) is 3.49. The SMILES string of the molecule is CC(c1ccc(Cl)cc1)N(C)C(=O)c1ccc(Cl)c(N)c1. The van der Waals surface area contributed by atoms with E-state index in [4.69, 9.17) is 28.9 Å². The number of carbonyl (C=O) groups is 1. The lowest BCUT2D eigenvalue weighted by atomic mass is 10.1. The molecule has 0 aliphatic rings. The second kappa shape index (κ2) is 6.37. The maximum atomic E-state index is 12.5. The highest BCUT2D eigenvalue weighted by molar-refractivity contribution is 6.33. The Hall–Kier alpha value is -1.71. The summed E-state index contributed by atoms with van der Waals surface area (Å²) in [5, 5.41) is 1.12. The summed E-state index contributed by atoms with van der Waals surface area (Å²) in [5.41, 5.74) is 7.67. The summed E-state index contributed by atoms with van der Waals surface area (Å²) >= 11 is 11.8. The van der Waals surface area contributed by atoms with Crippen LogP contribution >= 0.6 is 23.2 Å². The average Bonchev–Trinajstić information content (AvgIpc) is 2.48. The van der Waals surface area contributed by atoms with Gasteiger partial charge in [0.15, 0.2) is 0 Å². The standard InChI is InChI=1S/C16H16Cl2N2O/c1-10(11-3-6-13(17)7-4-11)20(2)16(21)12-5-8-14(18)15(19)9-12/h3-10H,19H2,1-2H3. The van der Waals surface area contributed by atoms with Crippen molar-refractivity contribution >= 4 is 34.8 Å². The van der Waals surface area contributed by atoms with Crippen LogP contribution < -0.4 is 5.73 Å². The monoisotopic (exact) mass is 322 g/mol. The minimum atomic E-state index is -0.110. The summed E-state index contributed by atoms with van der Waals surface area (Å²) in [5.74, 6) is -0.110. The Labute approximate surface area is 134 Å². The smallest absolute Gasteiger partial charge is 0.254 e. The van der Waals surface area contributed by atoms with Crippen LogP contribution in [0.4, 0.5) is 5.69 Å². The van der Waals surface area contributed by atoms with Crippen molar-refractivity contribution in [3.8, 4) is 0 Å². The molecule has 0 bridgehead atoms. The Morgan fingerprint density at radius 3 is 2.33 bits per heavy atom. The fourth-order valence-corrected chi connectivity index (χ4v) is 2.26. The van der Waals surface area contributed by atoms with E-state index in [9.17, 15) is 4.79 Å². The van der Waals surface area contributed by atoms with Gasteiger partial charge in [0.1, 0.15) is 0 Å². The van der Waals surface area contributed by atoms with Crippen LogP contribution in [-0.4, -0.2) is 17.9 Å². The second-order valence-electron chi connectivity index (χ2n) is 4.88. The fourth-order valence-electron chi connectivity index (χ4n) is 2.02. The summed E-state index contributed by atoms with van der Waals surface area (Å²) < 4.78 is 0. The molecule has 0 heterocycles. The molecule has 3 nitrogen and oxygen atoms in total. The van der Waals surface area contributed by atoms with Gasteiger partial charge in [-0.1, -0.05) is 35.3 Å². The molecule has 0 radical (unpaired) electrons. The molecule has 0 aliphatic heterocycles. The van der Waals surface area contributed by atoms with Crippen LogP contribution in [0.25, 0.3) is 0 Å². The molecule has 2 rings (SSSR count). The quantitative estimate of drug-likeness (QED) is 0.851. The van der Waals surface area contributed by atoms with Gasteiger partial charge in [-0.15, -0.1) is 0 Å². The Morgan fingerprint density at radius 1 is 1.14 bits per heavy atom. The van der Waals surface area contributed by atoms with Gasteiger partial charge >= 0.3 is 0 Å². The van der Waals surface area contributed by atoms with Crippen molar-refractivity contribution in [1.82, 2.24) is 4.90 Å². The lowest BCUT2D eigenvalue weighted by Gasteiger charge is -2.25. The number of rotatable bonds is 3. The van der Waals surface area contributed by atoms with Crippen LogP contribution in [0.2, 0.25) is 10.0 Å². The number of hydrogen-bond acceptors (Lipinski definition) is 2. The molecular formula is C16H16Cl2N2O. The van der Waals surface area contributed by atoms with E-state index in [1.54, 1.807) is 30.1 Å². The number of benzene rings is 2. The Morgan fingerprint density at radius 2 is 1.76 bits per heavy atom. The average molecular weight is 323 g/mol. The number of nitrogen functional groups attached to an aromatic ring is 1. The summed E-state index contributed by atoms with van der Waals surface area (Å²) in [4.78, 5) is 14.1. The van der Waals surface area contributed by atoms with E-state index in [0.717, 1.165) is 5.56 Å². The first-order valence-electron chi connectivity index (χ1n) is 6.48. The van der Waals surface area contributed by atoms with E-state index >= 15 is 0 Å². The molecule has 0 aromatic heterocycles. The zero-order valence-electron chi connectivity index (χ0n) is 11.8. The minimum absolute atomic E-state index is 0.0772. The summed E-state index contributed by atoms with van der Waals surface area (Å²) in [7, 11) is 1.76. The molecule has 2 aromatic carbocycles. The second-order valence-corrected chi connectivity index (χ2v) is 5.72. The van der Waals surface area contributed by atoms with E-state index in [1.807, 2.05) is 31.2 Å². The van der Waals surface area contributed by atoms with Gasteiger partial charge in [-0.05, 0) is 42.8 Å². The normalized spacial score (nSPS) is 12.0. The highest BCUT2D eigenvalue weighted by Gasteiger charge is 2.19. The highest BCUT2D eigenvalue weighted by atomic mass is 35.5. The number of hydrogen-bond donors (Lipinski definition) is 1. The summed E-state index contributed by atoms with van der Waals surface area (Å²) in [6, 6.07) is 12.3. The molecule has 0 saturated heterocycles. The first kappa shape index (κ1) is 15.7.